The molecule has 5 nitrogen and oxygen atoms in total. The summed E-state index contributed by atoms with van der Waals surface area (Å²) in [6.07, 6.45) is 4.97. The highest BCUT2D eigenvalue weighted by atomic mass is 16.5. The van der Waals surface area contributed by atoms with Gasteiger partial charge in [0, 0.05) is 18.8 Å². The molecule has 1 heterocycles. The molecule has 1 aliphatic heterocycles. The van der Waals surface area contributed by atoms with Gasteiger partial charge in [0.25, 0.3) is 0 Å². The molecule has 1 unspecified atom stereocenters. The van der Waals surface area contributed by atoms with E-state index in [1.807, 2.05) is 36.4 Å². The summed E-state index contributed by atoms with van der Waals surface area (Å²) in [5.41, 5.74) is 3.08. The average Bonchev–Trinajstić information content (AvgIpc) is 3.07. The van der Waals surface area contributed by atoms with E-state index in [4.69, 9.17) is 4.74 Å². The van der Waals surface area contributed by atoms with Crippen molar-refractivity contribution in [2.75, 3.05) is 25.1 Å². The van der Waals surface area contributed by atoms with Gasteiger partial charge in [0.2, 0.25) is 0 Å². The molecule has 0 aliphatic carbocycles. The van der Waals surface area contributed by atoms with Crippen molar-refractivity contribution >= 4 is 24.1 Å². The van der Waals surface area contributed by atoms with Crippen LogP contribution in [-0.2, 0) is 0 Å². The number of aromatic hydroxyl groups is 1. The normalized spacial score (nSPS) is 17.2. The molecular weight excluding hydrogens is 318 g/mol. The first-order valence-corrected chi connectivity index (χ1v) is 8.18. The molecule has 2 aromatic carbocycles. The van der Waals surface area contributed by atoms with Crippen LogP contribution in [0.3, 0.4) is 0 Å². The van der Waals surface area contributed by atoms with Crippen LogP contribution in [0.4, 0.5) is 5.69 Å². The van der Waals surface area contributed by atoms with Crippen molar-refractivity contribution in [3.8, 4) is 11.5 Å². The maximum Gasteiger partial charge on any atom is 0.168 e. The zero-order valence-corrected chi connectivity index (χ0v) is 14.1. The monoisotopic (exact) mass is 339 g/mol. The van der Waals surface area contributed by atoms with E-state index in [0.717, 1.165) is 29.8 Å². The summed E-state index contributed by atoms with van der Waals surface area (Å²) in [5, 5.41) is 19.5. The lowest BCUT2D eigenvalue weighted by Gasteiger charge is -2.17. The second-order valence-electron chi connectivity index (χ2n) is 6.09. The van der Waals surface area contributed by atoms with Crippen LogP contribution >= 0.6 is 0 Å². The van der Waals surface area contributed by atoms with Crippen molar-refractivity contribution < 1.29 is 19.7 Å². The molecule has 0 aromatic heterocycles. The SMILES string of the molecule is COc1cc(/C=C/c2ccc(N3CCC(O)C3)cc2)cc(C=O)c1O. The van der Waals surface area contributed by atoms with Crippen molar-refractivity contribution in [1.29, 1.82) is 0 Å². The second kappa shape index (κ2) is 7.40. The van der Waals surface area contributed by atoms with Crippen LogP contribution in [0.1, 0.15) is 27.9 Å². The zero-order valence-electron chi connectivity index (χ0n) is 14.1. The van der Waals surface area contributed by atoms with Crippen molar-refractivity contribution in [1.82, 2.24) is 0 Å². The number of hydrogen-bond acceptors (Lipinski definition) is 5. The minimum atomic E-state index is -0.240. The molecule has 0 spiro atoms. The number of aliphatic hydroxyl groups is 1. The fourth-order valence-electron chi connectivity index (χ4n) is 2.96. The van der Waals surface area contributed by atoms with Gasteiger partial charge in [-0.1, -0.05) is 24.3 Å². The molecule has 5 heteroatoms. The van der Waals surface area contributed by atoms with Gasteiger partial charge in [0.05, 0.1) is 18.8 Å². The molecule has 1 atom stereocenters. The summed E-state index contributed by atoms with van der Waals surface area (Å²) in [5.74, 6) is 0.124. The summed E-state index contributed by atoms with van der Waals surface area (Å²) >= 11 is 0. The molecule has 1 saturated heterocycles. The average molecular weight is 339 g/mol. The van der Waals surface area contributed by atoms with E-state index in [1.54, 1.807) is 12.1 Å². The third-order valence-corrected chi connectivity index (χ3v) is 4.36. The van der Waals surface area contributed by atoms with Crippen molar-refractivity contribution in [3.05, 3.63) is 53.1 Å². The van der Waals surface area contributed by atoms with Crippen LogP contribution < -0.4 is 9.64 Å². The molecule has 2 aromatic rings. The number of aliphatic hydroxyl groups excluding tert-OH is 1. The number of carbonyl (C=O) groups excluding carboxylic acids is 1. The minimum absolute atomic E-state index is 0.146. The molecule has 1 fully saturated rings. The summed E-state index contributed by atoms with van der Waals surface area (Å²) in [7, 11) is 1.45. The second-order valence-corrected chi connectivity index (χ2v) is 6.09. The highest BCUT2D eigenvalue weighted by Gasteiger charge is 2.19. The Morgan fingerprint density at radius 1 is 1.16 bits per heavy atom. The van der Waals surface area contributed by atoms with Crippen molar-refractivity contribution in [2.45, 2.75) is 12.5 Å². The fourth-order valence-corrected chi connectivity index (χ4v) is 2.96. The lowest BCUT2D eigenvalue weighted by molar-refractivity contribution is 0.112. The molecular formula is C20H21NO4. The largest absolute Gasteiger partial charge is 0.504 e. The van der Waals surface area contributed by atoms with Crippen LogP contribution in [0.5, 0.6) is 11.5 Å². The maximum atomic E-state index is 11.0. The van der Waals surface area contributed by atoms with Gasteiger partial charge in [0.15, 0.2) is 17.8 Å². The molecule has 0 amide bonds. The maximum absolute atomic E-state index is 11.0. The number of β-amino-alcohol motifs (C(OH)–C–C–N with tert-alkyl or cyclic N) is 1. The van der Waals surface area contributed by atoms with Gasteiger partial charge in [-0.15, -0.1) is 0 Å². The number of hydrogen-bond donors (Lipinski definition) is 2. The van der Waals surface area contributed by atoms with E-state index in [-0.39, 0.29) is 23.2 Å². The first-order valence-electron chi connectivity index (χ1n) is 8.18. The molecule has 0 saturated carbocycles. The third kappa shape index (κ3) is 3.83. The predicted octanol–water partition coefficient (Wildman–Crippen LogP) is 2.95. The number of methoxy groups -OCH3 is 1. The van der Waals surface area contributed by atoms with E-state index in [1.165, 1.54) is 7.11 Å². The van der Waals surface area contributed by atoms with Crippen LogP contribution in [0.2, 0.25) is 0 Å². The van der Waals surface area contributed by atoms with Crippen molar-refractivity contribution in [2.24, 2.45) is 0 Å². The van der Waals surface area contributed by atoms with Crippen molar-refractivity contribution in [3.63, 3.8) is 0 Å². The highest BCUT2D eigenvalue weighted by molar-refractivity contribution is 5.84. The number of anilines is 1. The van der Waals surface area contributed by atoms with E-state index in [2.05, 4.69) is 4.90 Å². The Labute approximate surface area is 146 Å². The van der Waals surface area contributed by atoms with Gasteiger partial charge in [-0.3, -0.25) is 4.79 Å². The Morgan fingerprint density at radius 2 is 1.88 bits per heavy atom. The lowest BCUT2D eigenvalue weighted by atomic mass is 10.1. The topological polar surface area (TPSA) is 70.0 Å². The number of rotatable bonds is 5. The smallest absolute Gasteiger partial charge is 0.168 e. The number of benzene rings is 2. The number of nitrogens with zero attached hydrogens (tertiary/aromatic N) is 1. The summed E-state index contributed by atoms with van der Waals surface area (Å²) < 4.78 is 5.09. The molecule has 0 bridgehead atoms. The van der Waals surface area contributed by atoms with Gasteiger partial charge < -0.3 is 19.8 Å². The summed E-state index contributed by atoms with van der Waals surface area (Å²) in [6, 6.07) is 11.4. The van der Waals surface area contributed by atoms with Crippen LogP contribution in [0.15, 0.2) is 36.4 Å². The standard InChI is InChI=1S/C20H21NO4/c1-25-19-11-15(10-16(13-22)20(19)24)3-2-14-4-6-17(7-5-14)21-9-8-18(23)12-21/h2-7,10-11,13,18,23-24H,8-9,12H2,1H3/b3-2+. The lowest BCUT2D eigenvalue weighted by Crippen LogP contribution is -2.20. The van der Waals surface area contributed by atoms with Crippen LogP contribution in [-0.4, -0.2) is 42.8 Å². The van der Waals surface area contributed by atoms with E-state index < -0.39 is 0 Å². The third-order valence-electron chi connectivity index (χ3n) is 4.36. The van der Waals surface area contributed by atoms with Gasteiger partial charge >= 0.3 is 0 Å². The van der Waals surface area contributed by atoms with Gasteiger partial charge in [0.1, 0.15) is 0 Å². The number of ether oxygens (including phenoxy) is 1. The minimum Gasteiger partial charge on any atom is -0.504 e. The molecule has 130 valence electrons. The Hall–Kier alpha value is -2.79. The van der Waals surface area contributed by atoms with Gasteiger partial charge in [-0.05, 0) is 41.8 Å². The molecule has 25 heavy (non-hydrogen) atoms. The number of phenols is 1. The Kier molecular flexibility index (Phi) is 5.05. The Morgan fingerprint density at radius 3 is 2.48 bits per heavy atom. The van der Waals surface area contributed by atoms with Crippen LogP contribution in [0, 0.1) is 0 Å². The molecule has 0 radical (unpaired) electrons. The quantitative estimate of drug-likeness (QED) is 0.647. The van der Waals surface area contributed by atoms with E-state index in [9.17, 15) is 15.0 Å². The first-order chi connectivity index (χ1) is 12.1. The Bertz CT molecular complexity index is 783. The Balaban J connectivity index is 1.77. The number of phenolic OH excluding ortho intramolecular Hbond substituents is 1. The number of aldehydes is 1. The number of carbonyl (C=O) groups is 1. The highest BCUT2D eigenvalue weighted by Crippen LogP contribution is 2.31. The molecule has 2 N–H and O–H groups in total. The summed E-state index contributed by atoms with van der Waals surface area (Å²) in [4.78, 5) is 13.2. The van der Waals surface area contributed by atoms with E-state index in [0.29, 0.717) is 12.8 Å². The fraction of sp³-hybridized carbons (Fsp3) is 0.250. The van der Waals surface area contributed by atoms with E-state index >= 15 is 0 Å². The van der Waals surface area contributed by atoms with Gasteiger partial charge in [-0.25, -0.2) is 0 Å². The molecule has 1 aliphatic rings. The first kappa shape index (κ1) is 17.0. The van der Waals surface area contributed by atoms with Gasteiger partial charge in [-0.2, -0.15) is 0 Å². The molecule has 3 rings (SSSR count). The zero-order chi connectivity index (χ0) is 17.8. The van der Waals surface area contributed by atoms with Crippen LogP contribution in [0.25, 0.3) is 12.2 Å². The predicted molar refractivity (Wildman–Crippen MR) is 98.3 cm³/mol. The summed E-state index contributed by atoms with van der Waals surface area (Å²) in [6.45, 7) is 1.55.